The molecule has 33 heavy (non-hydrogen) atoms. The Morgan fingerprint density at radius 3 is 1.76 bits per heavy atom. The summed E-state index contributed by atoms with van der Waals surface area (Å²) in [5.41, 5.74) is 0. The van der Waals surface area contributed by atoms with Gasteiger partial charge in [0.2, 0.25) is 5.91 Å². The maximum atomic E-state index is 12.2. The van der Waals surface area contributed by atoms with Crippen molar-refractivity contribution in [1.82, 2.24) is 5.32 Å². The molecule has 0 spiro atoms. The normalized spacial score (nSPS) is 14.5. The summed E-state index contributed by atoms with van der Waals surface area (Å²) in [7, 11) is 0. The third-order valence-corrected chi connectivity index (χ3v) is 6.38. The quantitative estimate of drug-likeness (QED) is 0.100. The number of hydrogen-bond acceptors (Lipinski definition) is 4. The van der Waals surface area contributed by atoms with Crippen molar-refractivity contribution < 1.29 is 20.1 Å². The zero-order valence-corrected chi connectivity index (χ0v) is 21.8. The molecule has 4 N–H and O–H groups in total. The molecule has 0 saturated heterocycles. The van der Waals surface area contributed by atoms with Crippen LogP contribution in [-0.2, 0) is 4.79 Å². The molecule has 5 heteroatoms. The number of aliphatic hydroxyl groups is 3. The van der Waals surface area contributed by atoms with Gasteiger partial charge in [0.25, 0.3) is 0 Å². The Bertz CT molecular complexity index is 455. The van der Waals surface area contributed by atoms with Crippen molar-refractivity contribution in [2.75, 3.05) is 6.61 Å². The molecular formula is C28H55NO4. The number of unbranched alkanes of at least 4 members (excludes halogenated alkanes) is 14. The van der Waals surface area contributed by atoms with Crippen molar-refractivity contribution in [1.29, 1.82) is 0 Å². The van der Waals surface area contributed by atoms with Crippen molar-refractivity contribution >= 4 is 5.91 Å². The zero-order valence-electron chi connectivity index (χ0n) is 21.8. The lowest BCUT2D eigenvalue weighted by Gasteiger charge is -2.23. The standard InChI is InChI=1S/C28H55NO4/c1-3-5-7-9-11-13-15-17-19-21-23-27(32)28(33)29-25(24-30)26(31)22-20-18-16-14-12-10-8-6-4-2/h9,11,25-27,30-32H,3-8,10,12-24H2,1-2H3,(H,29,33)/b11-9-. The Morgan fingerprint density at radius 1 is 0.697 bits per heavy atom. The molecule has 0 aliphatic rings. The molecule has 0 saturated carbocycles. The molecule has 3 unspecified atom stereocenters. The largest absolute Gasteiger partial charge is 0.394 e. The van der Waals surface area contributed by atoms with E-state index in [0.717, 1.165) is 44.9 Å². The van der Waals surface area contributed by atoms with Gasteiger partial charge in [-0.25, -0.2) is 0 Å². The molecule has 0 bridgehead atoms. The number of aliphatic hydroxyl groups excluding tert-OH is 3. The van der Waals surface area contributed by atoms with E-state index in [2.05, 4.69) is 31.3 Å². The van der Waals surface area contributed by atoms with Gasteiger partial charge in [0.05, 0.1) is 18.8 Å². The minimum atomic E-state index is -1.08. The molecule has 0 rings (SSSR count). The van der Waals surface area contributed by atoms with Crippen LogP contribution in [-0.4, -0.2) is 46.1 Å². The summed E-state index contributed by atoms with van der Waals surface area (Å²) in [6.07, 6.45) is 23.3. The highest BCUT2D eigenvalue weighted by molar-refractivity contribution is 5.80. The molecule has 0 heterocycles. The maximum Gasteiger partial charge on any atom is 0.249 e. The number of nitrogens with one attached hydrogen (secondary N) is 1. The Balaban J connectivity index is 3.83. The van der Waals surface area contributed by atoms with Crippen LogP contribution in [0.4, 0.5) is 0 Å². The summed E-state index contributed by atoms with van der Waals surface area (Å²) in [6, 6.07) is -0.708. The van der Waals surface area contributed by atoms with E-state index in [1.807, 2.05) is 0 Å². The van der Waals surface area contributed by atoms with E-state index in [-0.39, 0.29) is 6.61 Å². The average Bonchev–Trinajstić information content (AvgIpc) is 2.82. The van der Waals surface area contributed by atoms with Gasteiger partial charge in [-0.1, -0.05) is 116 Å². The third-order valence-electron chi connectivity index (χ3n) is 6.38. The van der Waals surface area contributed by atoms with E-state index in [1.54, 1.807) is 0 Å². The highest BCUT2D eigenvalue weighted by Crippen LogP contribution is 2.13. The molecule has 0 aromatic carbocycles. The summed E-state index contributed by atoms with van der Waals surface area (Å²) in [5.74, 6) is -0.487. The lowest BCUT2D eigenvalue weighted by atomic mass is 10.0. The number of carbonyl (C=O) groups excluding carboxylic acids is 1. The van der Waals surface area contributed by atoms with Crippen LogP contribution in [0.25, 0.3) is 0 Å². The van der Waals surface area contributed by atoms with Crippen molar-refractivity contribution in [3.8, 4) is 0 Å². The Hall–Kier alpha value is -0.910. The van der Waals surface area contributed by atoms with E-state index in [4.69, 9.17) is 0 Å². The number of carbonyl (C=O) groups is 1. The smallest absolute Gasteiger partial charge is 0.249 e. The van der Waals surface area contributed by atoms with Crippen LogP contribution in [0.2, 0.25) is 0 Å². The Labute approximate surface area is 204 Å². The first-order chi connectivity index (χ1) is 16.1. The van der Waals surface area contributed by atoms with Gasteiger partial charge in [-0.2, -0.15) is 0 Å². The molecule has 3 atom stereocenters. The van der Waals surface area contributed by atoms with Gasteiger partial charge in [-0.3, -0.25) is 4.79 Å². The number of rotatable bonds is 24. The van der Waals surface area contributed by atoms with Crippen LogP contribution in [0.3, 0.4) is 0 Å². The Kier molecular flexibility index (Phi) is 23.6. The van der Waals surface area contributed by atoms with Crippen LogP contribution in [0.1, 0.15) is 136 Å². The maximum absolute atomic E-state index is 12.2. The number of amides is 1. The van der Waals surface area contributed by atoms with Crippen molar-refractivity contribution in [3.05, 3.63) is 12.2 Å². The van der Waals surface area contributed by atoms with E-state index in [0.29, 0.717) is 12.8 Å². The van der Waals surface area contributed by atoms with Crippen LogP contribution < -0.4 is 5.32 Å². The fourth-order valence-electron chi connectivity index (χ4n) is 4.05. The summed E-state index contributed by atoms with van der Waals surface area (Å²) in [4.78, 5) is 12.2. The topological polar surface area (TPSA) is 89.8 Å². The summed E-state index contributed by atoms with van der Waals surface area (Å²) >= 11 is 0. The lowest BCUT2D eigenvalue weighted by Crippen LogP contribution is -2.49. The predicted molar refractivity (Wildman–Crippen MR) is 139 cm³/mol. The van der Waals surface area contributed by atoms with Crippen LogP contribution in [0.5, 0.6) is 0 Å². The van der Waals surface area contributed by atoms with Gasteiger partial charge in [0.15, 0.2) is 0 Å². The molecule has 196 valence electrons. The molecule has 0 aromatic rings. The van der Waals surface area contributed by atoms with Crippen molar-refractivity contribution in [3.63, 3.8) is 0 Å². The second-order valence-corrected chi connectivity index (χ2v) is 9.60. The van der Waals surface area contributed by atoms with Crippen LogP contribution in [0.15, 0.2) is 12.2 Å². The predicted octanol–water partition coefficient (Wildman–Crippen LogP) is 6.19. The van der Waals surface area contributed by atoms with Gasteiger partial charge >= 0.3 is 0 Å². The van der Waals surface area contributed by atoms with Gasteiger partial charge in [-0.05, 0) is 32.1 Å². The molecule has 0 aliphatic carbocycles. The molecule has 1 amide bonds. The summed E-state index contributed by atoms with van der Waals surface area (Å²) < 4.78 is 0. The van der Waals surface area contributed by atoms with Gasteiger partial charge in [0.1, 0.15) is 6.10 Å². The summed E-state index contributed by atoms with van der Waals surface area (Å²) in [6.45, 7) is 4.11. The number of hydrogen-bond donors (Lipinski definition) is 4. The second kappa shape index (κ2) is 24.2. The zero-order chi connectivity index (χ0) is 24.6. The number of allylic oxidation sites excluding steroid dienone is 2. The fourth-order valence-corrected chi connectivity index (χ4v) is 4.05. The van der Waals surface area contributed by atoms with Crippen molar-refractivity contribution in [2.24, 2.45) is 0 Å². The minimum Gasteiger partial charge on any atom is -0.394 e. The monoisotopic (exact) mass is 469 g/mol. The molecule has 5 nitrogen and oxygen atoms in total. The molecule has 0 fully saturated rings. The third kappa shape index (κ3) is 20.2. The van der Waals surface area contributed by atoms with Crippen molar-refractivity contribution in [2.45, 2.75) is 154 Å². The van der Waals surface area contributed by atoms with E-state index >= 15 is 0 Å². The SMILES string of the molecule is CCCC/C=C\CCCCCCC(O)C(=O)NC(CO)C(O)CCCCCCCCCCC. The van der Waals surface area contributed by atoms with Crippen LogP contribution >= 0.6 is 0 Å². The first-order valence-electron chi connectivity index (χ1n) is 14.0. The highest BCUT2D eigenvalue weighted by atomic mass is 16.3. The molecule has 0 aromatic heterocycles. The first-order valence-corrected chi connectivity index (χ1v) is 14.0. The minimum absolute atomic E-state index is 0.317. The van der Waals surface area contributed by atoms with Gasteiger partial charge in [0, 0.05) is 0 Å². The fraction of sp³-hybridized carbons (Fsp3) is 0.893. The van der Waals surface area contributed by atoms with E-state index in [9.17, 15) is 20.1 Å². The Morgan fingerprint density at radius 2 is 1.18 bits per heavy atom. The highest BCUT2D eigenvalue weighted by Gasteiger charge is 2.23. The second-order valence-electron chi connectivity index (χ2n) is 9.60. The molecular weight excluding hydrogens is 414 g/mol. The van der Waals surface area contributed by atoms with Crippen LogP contribution in [0, 0.1) is 0 Å². The van der Waals surface area contributed by atoms with Gasteiger partial charge < -0.3 is 20.6 Å². The summed E-state index contributed by atoms with van der Waals surface area (Å²) in [5, 5.41) is 32.7. The first kappa shape index (κ1) is 32.1. The molecule has 0 radical (unpaired) electrons. The van der Waals surface area contributed by atoms with E-state index in [1.165, 1.54) is 64.2 Å². The average molecular weight is 470 g/mol. The lowest BCUT2D eigenvalue weighted by molar-refractivity contribution is -0.131. The molecule has 0 aliphatic heterocycles. The van der Waals surface area contributed by atoms with E-state index < -0.39 is 24.2 Å². The van der Waals surface area contributed by atoms with Gasteiger partial charge in [-0.15, -0.1) is 0 Å².